The highest BCUT2D eigenvalue weighted by Crippen LogP contribution is 2.39. The van der Waals surface area contributed by atoms with Gasteiger partial charge in [-0.1, -0.05) is 26.7 Å². The maximum Gasteiger partial charge on any atom is 0.239 e. The van der Waals surface area contributed by atoms with E-state index in [0.29, 0.717) is 6.04 Å². The van der Waals surface area contributed by atoms with Gasteiger partial charge < -0.3 is 10.6 Å². The van der Waals surface area contributed by atoms with Crippen molar-refractivity contribution in [3.8, 4) is 0 Å². The van der Waals surface area contributed by atoms with Crippen molar-refractivity contribution < 1.29 is 4.79 Å². The molecule has 3 nitrogen and oxygen atoms in total. The van der Waals surface area contributed by atoms with Gasteiger partial charge in [0.1, 0.15) is 0 Å². The minimum atomic E-state index is -0.234. The summed E-state index contributed by atoms with van der Waals surface area (Å²) in [6.07, 6.45) is 5.79. The summed E-state index contributed by atoms with van der Waals surface area (Å²) in [7, 11) is 0. The second kappa shape index (κ2) is 3.78. The molecular formula is C12H22N2O. The van der Waals surface area contributed by atoms with E-state index in [4.69, 9.17) is 5.73 Å². The molecule has 2 fully saturated rings. The molecule has 2 N–H and O–H groups in total. The first kappa shape index (κ1) is 10.9. The first-order valence-electron chi connectivity index (χ1n) is 6.08. The molecule has 15 heavy (non-hydrogen) atoms. The van der Waals surface area contributed by atoms with Gasteiger partial charge in [0.25, 0.3) is 0 Å². The zero-order valence-corrected chi connectivity index (χ0v) is 9.83. The van der Waals surface area contributed by atoms with Crippen LogP contribution in [-0.4, -0.2) is 29.4 Å². The highest BCUT2D eigenvalue weighted by atomic mass is 16.2. The van der Waals surface area contributed by atoms with Gasteiger partial charge in [0, 0.05) is 12.6 Å². The third-order valence-electron chi connectivity index (χ3n) is 4.11. The summed E-state index contributed by atoms with van der Waals surface area (Å²) < 4.78 is 0. The zero-order valence-electron chi connectivity index (χ0n) is 9.83. The molecule has 0 bridgehead atoms. The fraction of sp³-hybridized carbons (Fsp3) is 0.917. The molecule has 1 amide bonds. The van der Waals surface area contributed by atoms with Crippen LogP contribution in [0.5, 0.6) is 0 Å². The lowest BCUT2D eigenvalue weighted by atomic mass is 9.72. The molecule has 3 heteroatoms. The van der Waals surface area contributed by atoms with Crippen molar-refractivity contribution in [2.24, 2.45) is 11.1 Å². The van der Waals surface area contributed by atoms with Crippen molar-refractivity contribution in [2.75, 3.05) is 6.54 Å². The second-order valence-corrected chi connectivity index (χ2v) is 5.68. The van der Waals surface area contributed by atoms with Crippen LogP contribution in [0.4, 0.5) is 0 Å². The summed E-state index contributed by atoms with van der Waals surface area (Å²) in [5.74, 6) is 0.176. The van der Waals surface area contributed by atoms with Gasteiger partial charge in [0.05, 0.1) is 6.04 Å². The molecule has 0 aromatic rings. The van der Waals surface area contributed by atoms with Gasteiger partial charge in [0.15, 0.2) is 0 Å². The van der Waals surface area contributed by atoms with Gasteiger partial charge in [-0.3, -0.25) is 4.79 Å². The number of nitrogens with zero attached hydrogens (tertiary/aromatic N) is 1. The summed E-state index contributed by atoms with van der Waals surface area (Å²) in [6.45, 7) is 5.44. The largest absolute Gasteiger partial charge is 0.338 e. The summed E-state index contributed by atoms with van der Waals surface area (Å²) in [4.78, 5) is 13.9. The molecule has 1 heterocycles. The Bertz CT molecular complexity index is 262. The predicted octanol–water partition coefficient (Wildman–Crippen LogP) is 1.51. The first-order chi connectivity index (χ1) is 7.02. The first-order valence-corrected chi connectivity index (χ1v) is 6.08. The molecule has 0 aromatic carbocycles. The van der Waals surface area contributed by atoms with Gasteiger partial charge in [-0.2, -0.15) is 0 Å². The molecule has 86 valence electrons. The molecule has 0 radical (unpaired) electrons. The Balaban J connectivity index is 2.12. The average molecular weight is 210 g/mol. The van der Waals surface area contributed by atoms with E-state index >= 15 is 0 Å². The van der Waals surface area contributed by atoms with Crippen LogP contribution in [0.15, 0.2) is 0 Å². The van der Waals surface area contributed by atoms with Crippen LogP contribution in [-0.2, 0) is 4.79 Å². The average Bonchev–Trinajstić information content (AvgIpc) is 2.48. The Hall–Kier alpha value is -0.570. The van der Waals surface area contributed by atoms with Crippen LogP contribution in [0, 0.1) is 5.41 Å². The van der Waals surface area contributed by atoms with E-state index in [9.17, 15) is 4.79 Å². The van der Waals surface area contributed by atoms with Gasteiger partial charge >= 0.3 is 0 Å². The summed E-state index contributed by atoms with van der Waals surface area (Å²) >= 11 is 0. The fourth-order valence-corrected chi connectivity index (χ4v) is 3.09. The Morgan fingerprint density at radius 1 is 1.33 bits per heavy atom. The minimum absolute atomic E-state index is 0.176. The Kier molecular flexibility index (Phi) is 2.75. The number of carbonyl (C=O) groups is 1. The van der Waals surface area contributed by atoms with E-state index in [1.165, 1.54) is 19.3 Å². The topological polar surface area (TPSA) is 46.3 Å². The Morgan fingerprint density at radius 3 is 2.60 bits per heavy atom. The van der Waals surface area contributed by atoms with Crippen molar-refractivity contribution in [1.82, 2.24) is 4.90 Å². The molecule has 2 atom stereocenters. The van der Waals surface area contributed by atoms with Gasteiger partial charge in [-0.25, -0.2) is 0 Å². The molecule has 2 aliphatic rings. The van der Waals surface area contributed by atoms with E-state index in [0.717, 1.165) is 19.4 Å². The van der Waals surface area contributed by atoms with E-state index < -0.39 is 0 Å². The van der Waals surface area contributed by atoms with Crippen LogP contribution in [0.3, 0.4) is 0 Å². The van der Waals surface area contributed by atoms with Gasteiger partial charge in [-0.15, -0.1) is 0 Å². The molecule has 1 saturated carbocycles. The van der Waals surface area contributed by atoms with Crippen molar-refractivity contribution in [1.29, 1.82) is 0 Å². The van der Waals surface area contributed by atoms with Crippen LogP contribution in [0.25, 0.3) is 0 Å². The normalized spacial score (nSPS) is 35.9. The van der Waals surface area contributed by atoms with E-state index in [1.54, 1.807) is 0 Å². The number of amides is 1. The zero-order chi connectivity index (χ0) is 11.1. The Morgan fingerprint density at radius 2 is 2.07 bits per heavy atom. The Labute approximate surface area is 92.0 Å². The molecule has 1 aliphatic heterocycles. The SMILES string of the molecule is CC1(C)CCCCC1N1CCC(N)C1=O. The van der Waals surface area contributed by atoms with E-state index in [2.05, 4.69) is 13.8 Å². The third-order valence-corrected chi connectivity index (χ3v) is 4.11. The number of likely N-dealkylation sites (tertiary alicyclic amines) is 1. The van der Waals surface area contributed by atoms with E-state index in [-0.39, 0.29) is 17.4 Å². The van der Waals surface area contributed by atoms with Crippen LogP contribution in [0.1, 0.15) is 46.0 Å². The van der Waals surface area contributed by atoms with Crippen LogP contribution in [0.2, 0.25) is 0 Å². The number of carbonyl (C=O) groups excluding carboxylic acids is 1. The van der Waals surface area contributed by atoms with Crippen molar-refractivity contribution in [3.05, 3.63) is 0 Å². The molecule has 1 saturated heterocycles. The van der Waals surface area contributed by atoms with Gasteiger partial charge in [-0.05, 0) is 24.7 Å². The maximum atomic E-state index is 11.9. The smallest absolute Gasteiger partial charge is 0.239 e. The van der Waals surface area contributed by atoms with E-state index in [1.807, 2.05) is 4.90 Å². The number of hydrogen-bond acceptors (Lipinski definition) is 2. The van der Waals surface area contributed by atoms with Gasteiger partial charge in [0.2, 0.25) is 5.91 Å². The number of nitrogens with two attached hydrogens (primary N) is 1. The standard InChI is InChI=1S/C12H22N2O/c1-12(2)7-4-3-5-10(12)14-8-6-9(13)11(14)15/h9-10H,3-8,13H2,1-2H3. The fourth-order valence-electron chi connectivity index (χ4n) is 3.09. The molecule has 2 unspecified atom stereocenters. The predicted molar refractivity (Wildman–Crippen MR) is 60.3 cm³/mol. The monoisotopic (exact) mass is 210 g/mol. The molecule has 2 rings (SSSR count). The quantitative estimate of drug-likeness (QED) is 0.713. The molecule has 1 aliphatic carbocycles. The minimum Gasteiger partial charge on any atom is -0.338 e. The number of rotatable bonds is 1. The summed E-state index contributed by atoms with van der Waals surface area (Å²) in [5, 5.41) is 0. The lowest BCUT2D eigenvalue weighted by molar-refractivity contribution is -0.134. The number of hydrogen-bond donors (Lipinski definition) is 1. The van der Waals surface area contributed by atoms with Crippen molar-refractivity contribution in [3.63, 3.8) is 0 Å². The van der Waals surface area contributed by atoms with Crippen LogP contribution < -0.4 is 5.73 Å². The molecule has 0 aromatic heterocycles. The van der Waals surface area contributed by atoms with Crippen molar-refractivity contribution in [2.45, 2.75) is 58.0 Å². The molecule has 0 spiro atoms. The lowest BCUT2D eigenvalue weighted by Gasteiger charge is -2.43. The summed E-state index contributed by atoms with van der Waals surface area (Å²) in [5.41, 5.74) is 6.05. The van der Waals surface area contributed by atoms with Crippen molar-refractivity contribution >= 4 is 5.91 Å². The maximum absolute atomic E-state index is 11.9. The summed E-state index contributed by atoms with van der Waals surface area (Å²) in [6, 6.07) is 0.190. The molecular weight excluding hydrogens is 188 g/mol. The van der Waals surface area contributed by atoms with Crippen LogP contribution >= 0.6 is 0 Å². The highest BCUT2D eigenvalue weighted by Gasteiger charge is 2.42. The second-order valence-electron chi connectivity index (χ2n) is 5.68. The lowest BCUT2D eigenvalue weighted by Crippen LogP contribution is -2.49. The third kappa shape index (κ3) is 1.89. The highest BCUT2D eigenvalue weighted by molar-refractivity contribution is 5.84.